The SMILES string of the molecule is CCOC(=O)C(N)C(=O)NCc1cccc(C(=O)O)c1. The third-order valence-corrected chi connectivity index (χ3v) is 2.46. The van der Waals surface area contributed by atoms with Gasteiger partial charge < -0.3 is 20.9 Å². The smallest absolute Gasteiger partial charge is 0.335 e. The third-order valence-electron chi connectivity index (χ3n) is 2.46. The minimum atomic E-state index is -1.39. The Morgan fingerprint density at radius 3 is 2.70 bits per heavy atom. The fourth-order valence-electron chi connectivity index (χ4n) is 1.45. The Kier molecular flexibility index (Phi) is 5.67. The Morgan fingerprint density at radius 2 is 2.10 bits per heavy atom. The quantitative estimate of drug-likeness (QED) is 0.494. The van der Waals surface area contributed by atoms with Gasteiger partial charge in [0.1, 0.15) is 0 Å². The van der Waals surface area contributed by atoms with Gasteiger partial charge in [-0.1, -0.05) is 12.1 Å². The Balaban J connectivity index is 2.58. The molecule has 0 fully saturated rings. The molecule has 20 heavy (non-hydrogen) atoms. The summed E-state index contributed by atoms with van der Waals surface area (Å²) in [6, 6.07) is 4.70. The van der Waals surface area contributed by atoms with E-state index in [1.165, 1.54) is 12.1 Å². The van der Waals surface area contributed by atoms with Gasteiger partial charge in [-0.25, -0.2) is 9.59 Å². The Labute approximate surface area is 115 Å². The number of nitrogens with one attached hydrogen (secondary N) is 1. The van der Waals surface area contributed by atoms with E-state index in [2.05, 4.69) is 10.1 Å². The van der Waals surface area contributed by atoms with Crippen LogP contribution in [0.25, 0.3) is 0 Å². The number of rotatable bonds is 6. The van der Waals surface area contributed by atoms with Gasteiger partial charge >= 0.3 is 11.9 Å². The number of ether oxygens (including phenoxy) is 1. The van der Waals surface area contributed by atoms with Crippen LogP contribution in [0, 0.1) is 0 Å². The number of nitrogens with two attached hydrogens (primary N) is 1. The zero-order valence-electron chi connectivity index (χ0n) is 11.0. The second-order valence-electron chi connectivity index (χ2n) is 3.95. The molecule has 7 nitrogen and oxygen atoms in total. The molecule has 0 aliphatic heterocycles. The highest BCUT2D eigenvalue weighted by Gasteiger charge is 2.22. The highest BCUT2D eigenvalue weighted by Crippen LogP contribution is 2.05. The van der Waals surface area contributed by atoms with Crippen LogP contribution in [0.15, 0.2) is 24.3 Å². The molecule has 0 saturated heterocycles. The molecule has 4 N–H and O–H groups in total. The van der Waals surface area contributed by atoms with Crippen molar-refractivity contribution < 1.29 is 24.2 Å². The lowest BCUT2D eigenvalue weighted by atomic mass is 10.1. The summed E-state index contributed by atoms with van der Waals surface area (Å²) in [5.74, 6) is -2.53. The molecule has 0 heterocycles. The summed E-state index contributed by atoms with van der Waals surface area (Å²) in [6.45, 7) is 1.83. The maximum atomic E-state index is 11.6. The summed E-state index contributed by atoms with van der Waals surface area (Å²) in [7, 11) is 0. The Bertz CT molecular complexity index is 515. The number of hydrogen-bond acceptors (Lipinski definition) is 5. The monoisotopic (exact) mass is 280 g/mol. The number of amides is 1. The van der Waals surface area contributed by atoms with E-state index in [1.54, 1.807) is 19.1 Å². The molecule has 1 rings (SSSR count). The minimum absolute atomic E-state index is 0.0764. The van der Waals surface area contributed by atoms with Crippen LogP contribution in [-0.4, -0.2) is 35.6 Å². The molecule has 0 aliphatic rings. The summed E-state index contributed by atoms with van der Waals surface area (Å²) in [4.78, 5) is 33.6. The van der Waals surface area contributed by atoms with Crippen LogP contribution in [0.3, 0.4) is 0 Å². The van der Waals surface area contributed by atoms with E-state index >= 15 is 0 Å². The van der Waals surface area contributed by atoms with Crippen molar-refractivity contribution in [1.29, 1.82) is 0 Å². The lowest BCUT2D eigenvalue weighted by molar-refractivity contribution is -0.148. The first kappa shape index (κ1) is 15.6. The average molecular weight is 280 g/mol. The highest BCUT2D eigenvalue weighted by molar-refractivity contribution is 6.01. The Morgan fingerprint density at radius 1 is 1.40 bits per heavy atom. The molecule has 108 valence electrons. The highest BCUT2D eigenvalue weighted by atomic mass is 16.5. The van der Waals surface area contributed by atoms with Gasteiger partial charge in [0.05, 0.1) is 12.2 Å². The lowest BCUT2D eigenvalue weighted by Crippen LogP contribution is -2.46. The molecule has 0 saturated carbocycles. The maximum absolute atomic E-state index is 11.6. The number of aromatic carboxylic acids is 1. The second-order valence-corrected chi connectivity index (χ2v) is 3.95. The van der Waals surface area contributed by atoms with Gasteiger partial charge in [0.25, 0.3) is 0 Å². The average Bonchev–Trinajstić information content (AvgIpc) is 2.44. The first-order valence-corrected chi connectivity index (χ1v) is 5.98. The van der Waals surface area contributed by atoms with Crippen molar-refractivity contribution in [3.05, 3.63) is 35.4 Å². The van der Waals surface area contributed by atoms with Gasteiger partial charge in [-0.2, -0.15) is 0 Å². The lowest BCUT2D eigenvalue weighted by Gasteiger charge is -2.11. The van der Waals surface area contributed by atoms with E-state index in [0.29, 0.717) is 5.56 Å². The molecule has 1 aromatic rings. The van der Waals surface area contributed by atoms with Crippen LogP contribution in [0.1, 0.15) is 22.8 Å². The molecule has 0 radical (unpaired) electrons. The molecule has 1 amide bonds. The molecular formula is C13H16N2O5. The topological polar surface area (TPSA) is 119 Å². The molecular weight excluding hydrogens is 264 g/mol. The van der Waals surface area contributed by atoms with Crippen LogP contribution >= 0.6 is 0 Å². The van der Waals surface area contributed by atoms with Gasteiger partial charge in [-0.05, 0) is 24.6 Å². The van der Waals surface area contributed by atoms with Crippen molar-refractivity contribution in [3.63, 3.8) is 0 Å². The van der Waals surface area contributed by atoms with Crippen LogP contribution in [0.5, 0.6) is 0 Å². The summed E-state index contributed by atoms with van der Waals surface area (Å²) in [5, 5.41) is 11.3. The molecule has 7 heteroatoms. The van der Waals surface area contributed by atoms with Crippen molar-refractivity contribution in [1.82, 2.24) is 5.32 Å². The molecule has 1 aromatic carbocycles. The number of carboxylic acid groups (broad SMARTS) is 1. The van der Waals surface area contributed by atoms with Crippen LogP contribution < -0.4 is 11.1 Å². The van der Waals surface area contributed by atoms with Gasteiger partial charge in [0.2, 0.25) is 5.91 Å². The fraction of sp³-hybridized carbons (Fsp3) is 0.308. The summed E-state index contributed by atoms with van der Waals surface area (Å²) in [6.07, 6.45) is 0. The molecule has 0 bridgehead atoms. The van der Waals surface area contributed by atoms with Gasteiger partial charge in [0, 0.05) is 6.54 Å². The normalized spacial score (nSPS) is 11.5. The minimum Gasteiger partial charge on any atom is -0.478 e. The van der Waals surface area contributed by atoms with E-state index in [0.717, 1.165) is 0 Å². The van der Waals surface area contributed by atoms with E-state index in [9.17, 15) is 14.4 Å². The number of benzene rings is 1. The van der Waals surface area contributed by atoms with Crippen molar-refractivity contribution in [2.24, 2.45) is 5.73 Å². The van der Waals surface area contributed by atoms with Gasteiger partial charge in [-0.3, -0.25) is 4.79 Å². The molecule has 0 spiro atoms. The predicted molar refractivity (Wildman–Crippen MR) is 69.9 cm³/mol. The first-order chi connectivity index (χ1) is 9.45. The number of hydrogen-bond donors (Lipinski definition) is 3. The molecule has 0 aromatic heterocycles. The van der Waals surface area contributed by atoms with Crippen molar-refractivity contribution in [3.8, 4) is 0 Å². The Hall–Kier alpha value is -2.41. The molecule has 1 atom stereocenters. The zero-order chi connectivity index (χ0) is 15.1. The maximum Gasteiger partial charge on any atom is 0.335 e. The summed E-state index contributed by atoms with van der Waals surface area (Å²) in [5.41, 5.74) is 6.12. The van der Waals surface area contributed by atoms with Crippen LogP contribution in [0.2, 0.25) is 0 Å². The van der Waals surface area contributed by atoms with Crippen LogP contribution in [0.4, 0.5) is 0 Å². The van der Waals surface area contributed by atoms with Crippen molar-refractivity contribution >= 4 is 17.8 Å². The molecule has 1 unspecified atom stereocenters. The standard InChI is InChI=1S/C13H16N2O5/c1-2-20-13(19)10(14)11(16)15-7-8-4-3-5-9(6-8)12(17)18/h3-6,10H,2,7,14H2,1H3,(H,15,16)(H,17,18). The van der Waals surface area contributed by atoms with Crippen molar-refractivity contribution in [2.45, 2.75) is 19.5 Å². The molecule has 0 aliphatic carbocycles. The van der Waals surface area contributed by atoms with E-state index in [4.69, 9.17) is 10.8 Å². The summed E-state index contributed by atoms with van der Waals surface area (Å²) >= 11 is 0. The fourth-order valence-corrected chi connectivity index (χ4v) is 1.45. The predicted octanol–water partition coefficient (Wildman–Crippen LogP) is -0.109. The summed E-state index contributed by atoms with van der Waals surface area (Å²) < 4.78 is 4.62. The first-order valence-electron chi connectivity index (χ1n) is 5.98. The van der Waals surface area contributed by atoms with E-state index < -0.39 is 23.9 Å². The number of carboxylic acids is 1. The number of carbonyl (C=O) groups is 3. The van der Waals surface area contributed by atoms with E-state index in [1.807, 2.05) is 0 Å². The number of esters is 1. The van der Waals surface area contributed by atoms with Crippen LogP contribution in [-0.2, 0) is 20.9 Å². The van der Waals surface area contributed by atoms with Gasteiger partial charge in [0.15, 0.2) is 6.04 Å². The van der Waals surface area contributed by atoms with Crippen molar-refractivity contribution in [2.75, 3.05) is 6.61 Å². The zero-order valence-corrected chi connectivity index (χ0v) is 11.0. The van der Waals surface area contributed by atoms with Gasteiger partial charge in [-0.15, -0.1) is 0 Å². The third kappa shape index (κ3) is 4.36. The van der Waals surface area contributed by atoms with E-state index in [-0.39, 0.29) is 18.7 Å². The largest absolute Gasteiger partial charge is 0.478 e. The number of carbonyl (C=O) groups excluding carboxylic acids is 2. The second kappa shape index (κ2) is 7.25.